The molecule has 0 saturated carbocycles. The van der Waals surface area contributed by atoms with E-state index >= 15 is 0 Å². The number of nitrogens with one attached hydrogen (secondary N) is 1. The van der Waals surface area contributed by atoms with E-state index in [-0.39, 0.29) is 13.1 Å². The molecule has 1 amide bonds. The highest BCUT2D eigenvalue weighted by Gasteiger charge is 2.20. The lowest BCUT2D eigenvalue weighted by Crippen LogP contribution is -2.46. The van der Waals surface area contributed by atoms with Crippen molar-refractivity contribution in [2.45, 2.75) is 20.0 Å². The van der Waals surface area contributed by atoms with Crippen molar-refractivity contribution in [3.05, 3.63) is 128 Å². The zero-order chi connectivity index (χ0) is 24.2. The number of aryl methyl sites for hydroxylation is 1. The molecule has 0 saturated heterocycles. The first kappa shape index (κ1) is 22.8. The summed E-state index contributed by atoms with van der Waals surface area (Å²) in [7, 11) is 0. The largest absolute Gasteiger partial charge is 0.352 e. The summed E-state index contributed by atoms with van der Waals surface area (Å²) in [6.45, 7) is 1.65. The Hall–Kier alpha value is -4.40. The van der Waals surface area contributed by atoms with Crippen molar-refractivity contribution in [3.63, 3.8) is 0 Å². The number of hydrogen-bond donors (Lipinski definition) is 1. The predicted octanol–water partition coefficient (Wildman–Crippen LogP) is 2.96. The van der Waals surface area contributed by atoms with E-state index in [1.54, 1.807) is 30.3 Å². The van der Waals surface area contributed by atoms with Crippen LogP contribution < -0.4 is 16.6 Å². The summed E-state index contributed by atoms with van der Waals surface area (Å²) >= 11 is 0. The molecule has 34 heavy (non-hydrogen) atoms. The fourth-order valence-electron chi connectivity index (χ4n) is 3.34. The number of carbonyl (C=O) groups is 1. The highest BCUT2D eigenvalue weighted by molar-refractivity contribution is 5.91. The first-order valence-electron chi connectivity index (χ1n) is 10.4. The highest BCUT2D eigenvalue weighted by Crippen LogP contribution is 2.08. The molecule has 0 spiro atoms. The highest BCUT2D eigenvalue weighted by atomic mass is 19.1. The van der Waals surface area contributed by atoms with Gasteiger partial charge in [-0.25, -0.2) is 13.6 Å². The molecule has 4 aromatic rings. The summed E-state index contributed by atoms with van der Waals surface area (Å²) in [6, 6.07) is 17.8. The number of hydrogen-bond acceptors (Lipinski definition) is 4. The molecule has 0 atom stereocenters. The maximum atomic E-state index is 13.7. The van der Waals surface area contributed by atoms with E-state index in [9.17, 15) is 23.2 Å². The van der Waals surface area contributed by atoms with Gasteiger partial charge in [0, 0.05) is 6.54 Å². The fraction of sp³-hybridized carbons (Fsp3) is 0.120. The van der Waals surface area contributed by atoms with E-state index in [1.165, 1.54) is 42.5 Å². The molecule has 0 aliphatic heterocycles. The molecule has 1 aromatic heterocycles. The molecule has 7 nitrogen and oxygen atoms in total. The topological polar surface area (TPSA) is 86.0 Å². The van der Waals surface area contributed by atoms with Crippen LogP contribution in [0.4, 0.5) is 8.78 Å². The van der Waals surface area contributed by atoms with Crippen LogP contribution >= 0.6 is 0 Å². The molecule has 0 radical (unpaired) electrons. The maximum Gasteiger partial charge on any atom is 0.352 e. The molecule has 0 aliphatic rings. The molecule has 1 heterocycles. The maximum absolute atomic E-state index is 13.7. The molecule has 0 fully saturated rings. The van der Waals surface area contributed by atoms with Gasteiger partial charge in [-0.15, -0.1) is 0 Å². The zero-order valence-electron chi connectivity index (χ0n) is 18.2. The minimum atomic E-state index is -0.908. The van der Waals surface area contributed by atoms with Crippen molar-refractivity contribution < 1.29 is 13.6 Å². The van der Waals surface area contributed by atoms with Gasteiger partial charge in [0.2, 0.25) is 5.69 Å². The Balaban J connectivity index is 1.76. The smallest absolute Gasteiger partial charge is 0.346 e. The van der Waals surface area contributed by atoms with E-state index < -0.39 is 34.5 Å². The van der Waals surface area contributed by atoms with Gasteiger partial charge in [-0.3, -0.25) is 14.2 Å². The van der Waals surface area contributed by atoms with Gasteiger partial charge < -0.3 is 5.32 Å². The average Bonchev–Trinajstić information content (AvgIpc) is 2.82. The van der Waals surface area contributed by atoms with E-state index in [0.717, 1.165) is 14.8 Å². The molecule has 0 unspecified atom stereocenters. The Morgan fingerprint density at radius 3 is 2.29 bits per heavy atom. The van der Waals surface area contributed by atoms with Crippen LogP contribution in [-0.4, -0.2) is 20.3 Å². The molecule has 0 bridgehead atoms. The number of carbonyl (C=O) groups excluding carboxylic acids is 1. The third-order valence-corrected chi connectivity index (χ3v) is 5.15. The van der Waals surface area contributed by atoms with Crippen LogP contribution in [0.3, 0.4) is 0 Å². The summed E-state index contributed by atoms with van der Waals surface area (Å²) in [5, 5.41) is 6.61. The van der Waals surface area contributed by atoms with Crippen molar-refractivity contribution in [2.75, 3.05) is 0 Å². The van der Waals surface area contributed by atoms with Gasteiger partial charge in [0.15, 0.2) is 0 Å². The molecular weight excluding hydrogens is 442 g/mol. The number of rotatable bonds is 6. The van der Waals surface area contributed by atoms with Gasteiger partial charge in [-0.1, -0.05) is 42.0 Å². The predicted molar refractivity (Wildman–Crippen MR) is 122 cm³/mol. The standard InChI is InChI=1S/C25H20F2N4O3/c1-16-5-11-21(12-6-16)31-25(34)30(15-18-3-2-4-20(27)13-18)24(33)22(29-31)23(32)28-14-17-7-9-19(26)10-8-17/h2-13H,14-15H2,1H3,(H,28,32). The van der Waals surface area contributed by atoms with Crippen molar-refractivity contribution in [1.29, 1.82) is 0 Å². The van der Waals surface area contributed by atoms with Crippen LogP contribution in [0.25, 0.3) is 5.69 Å². The van der Waals surface area contributed by atoms with Gasteiger partial charge in [-0.05, 0) is 54.4 Å². The van der Waals surface area contributed by atoms with Crippen molar-refractivity contribution in [2.24, 2.45) is 0 Å². The number of amides is 1. The Morgan fingerprint density at radius 1 is 0.912 bits per heavy atom. The molecule has 9 heteroatoms. The Bertz CT molecular complexity index is 1460. The third kappa shape index (κ3) is 4.98. The van der Waals surface area contributed by atoms with Crippen LogP contribution in [0.1, 0.15) is 27.2 Å². The van der Waals surface area contributed by atoms with Crippen LogP contribution in [0.5, 0.6) is 0 Å². The Morgan fingerprint density at radius 2 is 1.62 bits per heavy atom. The number of aromatic nitrogens is 3. The normalized spacial score (nSPS) is 10.8. The van der Waals surface area contributed by atoms with Crippen LogP contribution in [0.15, 0.2) is 82.4 Å². The summed E-state index contributed by atoms with van der Waals surface area (Å²) in [6.07, 6.45) is 0. The van der Waals surface area contributed by atoms with Crippen molar-refractivity contribution >= 4 is 5.91 Å². The second-order valence-corrected chi connectivity index (χ2v) is 7.71. The van der Waals surface area contributed by atoms with Crippen LogP contribution in [0.2, 0.25) is 0 Å². The lowest BCUT2D eigenvalue weighted by molar-refractivity contribution is 0.0941. The second-order valence-electron chi connectivity index (χ2n) is 7.71. The summed E-state index contributed by atoms with van der Waals surface area (Å²) in [5.41, 5.74) is 0.111. The zero-order valence-corrected chi connectivity index (χ0v) is 18.2. The summed E-state index contributed by atoms with van der Waals surface area (Å²) < 4.78 is 28.6. The van der Waals surface area contributed by atoms with Crippen LogP contribution in [-0.2, 0) is 13.1 Å². The number of benzene rings is 3. The van der Waals surface area contributed by atoms with E-state index in [4.69, 9.17) is 0 Å². The number of halogens is 2. The van der Waals surface area contributed by atoms with Gasteiger partial charge >= 0.3 is 5.69 Å². The van der Waals surface area contributed by atoms with Gasteiger partial charge in [-0.2, -0.15) is 9.78 Å². The summed E-state index contributed by atoms with van der Waals surface area (Å²) in [4.78, 5) is 39.1. The quantitative estimate of drug-likeness (QED) is 0.478. The van der Waals surface area contributed by atoms with Gasteiger partial charge in [0.1, 0.15) is 11.6 Å². The molecule has 0 aliphatic carbocycles. The molecular formula is C25H20F2N4O3. The van der Waals surface area contributed by atoms with E-state index in [2.05, 4.69) is 10.4 Å². The van der Waals surface area contributed by atoms with Crippen LogP contribution in [0, 0.1) is 18.6 Å². The van der Waals surface area contributed by atoms with E-state index in [1.807, 2.05) is 6.92 Å². The summed E-state index contributed by atoms with van der Waals surface area (Å²) in [5.74, 6) is -1.74. The second kappa shape index (κ2) is 9.62. The molecule has 4 rings (SSSR count). The van der Waals surface area contributed by atoms with Crippen molar-refractivity contribution in [1.82, 2.24) is 19.7 Å². The molecule has 3 aromatic carbocycles. The number of nitrogens with zero attached hydrogens (tertiary/aromatic N) is 3. The fourth-order valence-corrected chi connectivity index (χ4v) is 3.34. The first-order chi connectivity index (χ1) is 16.3. The van der Waals surface area contributed by atoms with E-state index in [0.29, 0.717) is 16.8 Å². The minimum Gasteiger partial charge on any atom is -0.346 e. The SMILES string of the molecule is Cc1ccc(-n2nc(C(=O)NCc3ccc(F)cc3)c(=O)n(Cc3cccc(F)c3)c2=O)cc1. The van der Waals surface area contributed by atoms with Gasteiger partial charge in [0.05, 0.1) is 12.2 Å². The molecule has 172 valence electrons. The monoisotopic (exact) mass is 462 g/mol. The van der Waals surface area contributed by atoms with Crippen molar-refractivity contribution in [3.8, 4) is 5.69 Å². The Kier molecular flexibility index (Phi) is 6.44. The Labute approximate surface area is 192 Å². The average molecular weight is 462 g/mol. The lowest BCUT2D eigenvalue weighted by Gasteiger charge is -2.13. The first-order valence-corrected chi connectivity index (χ1v) is 10.4. The minimum absolute atomic E-state index is 0.0216. The molecule has 1 N–H and O–H groups in total. The third-order valence-electron chi connectivity index (χ3n) is 5.15. The lowest BCUT2D eigenvalue weighted by atomic mass is 10.2. The van der Waals surface area contributed by atoms with Gasteiger partial charge in [0.25, 0.3) is 11.5 Å².